The number of amides is 1. The van der Waals surface area contributed by atoms with Crippen LogP contribution in [-0.4, -0.2) is 56.3 Å². The lowest BCUT2D eigenvalue weighted by Crippen LogP contribution is -2.60. The third-order valence-electron chi connectivity index (χ3n) is 6.14. The van der Waals surface area contributed by atoms with Crippen LogP contribution in [0.1, 0.15) is 61.9 Å². The van der Waals surface area contributed by atoms with Gasteiger partial charge in [-0.1, -0.05) is 6.92 Å². The summed E-state index contributed by atoms with van der Waals surface area (Å²) in [6.07, 6.45) is 5.56. The number of ether oxygens (including phenoxy) is 2. The van der Waals surface area contributed by atoms with Crippen molar-refractivity contribution in [2.45, 2.75) is 58.9 Å². The van der Waals surface area contributed by atoms with Gasteiger partial charge in [0.05, 0.1) is 45.1 Å². The zero-order valence-electron chi connectivity index (χ0n) is 18.0. The molecule has 2 rings (SSSR count). The number of hydrogen-bond donors (Lipinski definition) is 1. The molecule has 1 N–H and O–H groups in total. The second-order valence-corrected chi connectivity index (χ2v) is 7.67. The third kappa shape index (κ3) is 4.66. The number of benzene rings is 1. The molecule has 0 aromatic heterocycles. The maximum Gasteiger partial charge on any atom is 0.340 e. The number of esters is 1. The van der Waals surface area contributed by atoms with Gasteiger partial charge in [0.15, 0.2) is 6.04 Å². The molecule has 1 atom stereocenters. The van der Waals surface area contributed by atoms with Crippen molar-refractivity contribution in [2.75, 3.05) is 39.2 Å². The number of likely N-dealkylation sites (N-methyl/N-ethyl adjacent to an activating group) is 1. The summed E-state index contributed by atoms with van der Waals surface area (Å²) in [5.74, 6) is 0.0525. The Labute approximate surface area is 168 Å². The average Bonchev–Trinajstić information content (AvgIpc) is 2.95. The van der Waals surface area contributed by atoms with Crippen molar-refractivity contribution in [3.05, 3.63) is 23.3 Å². The first kappa shape index (κ1) is 22.2. The minimum Gasteiger partial charge on any atom is -0.497 e. The van der Waals surface area contributed by atoms with E-state index in [9.17, 15) is 9.59 Å². The Bertz CT molecular complexity index is 694. The van der Waals surface area contributed by atoms with E-state index in [2.05, 4.69) is 19.2 Å². The number of nitrogens with zero attached hydrogens (tertiary/aromatic N) is 1. The highest BCUT2D eigenvalue weighted by molar-refractivity contribution is 6.03. The normalized spacial score (nSPS) is 17.3. The molecule has 0 radical (unpaired) electrons. The number of carbonyl (C=O) groups is 2. The zero-order chi connectivity index (χ0) is 20.7. The van der Waals surface area contributed by atoms with Gasteiger partial charge in [-0.25, -0.2) is 4.79 Å². The predicted octanol–water partition coefficient (Wildman–Crippen LogP) is 3.92. The van der Waals surface area contributed by atoms with Gasteiger partial charge >= 0.3 is 5.97 Å². The highest BCUT2D eigenvalue weighted by Crippen LogP contribution is 2.30. The summed E-state index contributed by atoms with van der Waals surface area (Å²) >= 11 is 0. The number of methoxy groups -OCH3 is 2. The van der Waals surface area contributed by atoms with Crippen molar-refractivity contribution >= 4 is 17.6 Å². The monoisotopic (exact) mass is 391 g/mol. The molecule has 0 aliphatic carbocycles. The van der Waals surface area contributed by atoms with Gasteiger partial charge in [-0.3, -0.25) is 4.79 Å². The summed E-state index contributed by atoms with van der Waals surface area (Å²) in [5, 5.41) is 3.06. The number of likely N-dealkylation sites (tertiary alicyclic amines) is 1. The summed E-state index contributed by atoms with van der Waals surface area (Å²) in [4.78, 5) is 25.7. The van der Waals surface area contributed by atoms with Crippen molar-refractivity contribution < 1.29 is 23.5 Å². The topological polar surface area (TPSA) is 64.6 Å². The van der Waals surface area contributed by atoms with Crippen LogP contribution >= 0.6 is 0 Å². The maximum atomic E-state index is 13.4. The van der Waals surface area contributed by atoms with E-state index in [1.54, 1.807) is 13.2 Å². The van der Waals surface area contributed by atoms with Gasteiger partial charge < -0.3 is 19.3 Å². The zero-order valence-corrected chi connectivity index (χ0v) is 18.0. The Hall–Kier alpha value is -2.08. The molecule has 1 amide bonds. The molecule has 1 aromatic rings. The lowest BCUT2D eigenvalue weighted by Gasteiger charge is -2.42. The van der Waals surface area contributed by atoms with E-state index in [0.29, 0.717) is 17.0 Å². The molecule has 1 heterocycles. The third-order valence-corrected chi connectivity index (χ3v) is 6.14. The van der Waals surface area contributed by atoms with E-state index in [0.717, 1.165) is 48.9 Å². The number of nitrogens with one attached hydrogen (secondary N) is 1. The molecule has 1 fully saturated rings. The molecule has 0 bridgehead atoms. The molecule has 156 valence electrons. The first-order valence-corrected chi connectivity index (χ1v) is 10.4. The van der Waals surface area contributed by atoms with E-state index >= 15 is 0 Å². The van der Waals surface area contributed by atoms with E-state index in [1.165, 1.54) is 20.0 Å². The quantitative estimate of drug-likeness (QED) is 0.565. The van der Waals surface area contributed by atoms with E-state index in [-0.39, 0.29) is 11.9 Å². The number of carbonyl (C=O) groups excluding carboxylic acids is 2. The first-order valence-electron chi connectivity index (χ1n) is 10.4. The summed E-state index contributed by atoms with van der Waals surface area (Å²) in [6, 6.07) is 3.31. The Kier molecular flexibility index (Phi) is 7.87. The Morgan fingerprint density at radius 2 is 1.75 bits per heavy atom. The second kappa shape index (κ2) is 9.92. The van der Waals surface area contributed by atoms with Crippen LogP contribution in [0.3, 0.4) is 0 Å². The summed E-state index contributed by atoms with van der Waals surface area (Å²) in [7, 11) is 2.89. The lowest BCUT2D eigenvalue weighted by atomic mass is 10.0. The van der Waals surface area contributed by atoms with Crippen LogP contribution < -0.4 is 10.1 Å². The molecule has 6 heteroatoms. The largest absolute Gasteiger partial charge is 0.497 e. The maximum absolute atomic E-state index is 13.4. The van der Waals surface area contributed by atoms with Crippen LogP contribution in [0.15, 0.2) is 12.1 Å². The fourth-order valence-corrected chi connectivity index (χ4v) is 4.50. The van der Waals surface area contributed by atoms with Crippen LogP contribution in [0, 0.1) is 6.92 Å². The Balaban J connectivity index is 2.37. The van der Waals surface area contributed by atoms with Gasteiger partial charge in [-0.15, -0.1) is 0 Å². The molecule has 28 heavy (non-hydrogen) atoms. The minimum absolute atomic E-state index is 0.0235. The number of quaternary nitrogens is 1. The molecule has 1 aliphatic rings. The minimum atomic E-state index is -0.487. The molecular weight excluding hydrogens is 356 g/mol. The highest BCUT2D eigenvalue weighted by atomic mass is 16.5. The summed E-state index contributed by atoms with van der Waals surface area (Å²) in [5.41, 5.74) is 1.61. The summed E-state index contributed by atoms with van der Waals surface area (Å²) < 4.78 is 11.0. The highest BCUT2D eigenvalue weighted by Gasteiger charge is 2.40. The smallest absolute Gasteiger partial charge is 0.340 e. The van der Waals surface area contributed by atoms with Crippen LogP contribution in [0.25, 0.3) is 0 Å². The van der Waals surface area contributed by atoms with Crippen LogP contribution in [0.5, 0.6) is 5.75 Å². The lowest BCUT2D eigenvalue weighted by molar-refractivity contribution is -0.940. The Morgan fingerprint density at radius 1 is 1.11 bits per heavy atom. The van der Waals surface area contributed by atoms with Gasteiger partial charge in [0.25, 0.3) is 5.91 Å². The molecule has 1 saturated heterocycles. The fraction of sp³-hybridized carbons (Fsp3) is 0.636. The molecule has 6 nitrogen and oxygen atoms in total. The molecule has 1 aromatic carbocycles. The van der Waals surface area contributed by atoms with E-state index in [1.807, 2.05) is 13.0 Å². The van der Waals surface area contributed by atoms with Crippen molar-refractivity contribution in [3.8, 4) is 5.75 Å². The van der Waals surface area contributed by atoms with Crippen LogP contribution in [-0.2, 0) is 9.53 Å². The summed E-state index contributed by atoms with van der Waals surface area (Å²) in [6.45, 7) is 9.13. The molecule has 1 unspecified atom stereocenters. The average molecular weight is 392 g/mol. The first-order chi connectivity index (χ1) is 13.4. The van der Waals surface area contributed by atoms with Gasteiger partial charge in [0.2, 0.25) is 0 Å². The standard InChI is InChI=1S/C22H34N2O4/c1-6-19(24(7-2)12-10-8-9-11-13-24)21(25)23-20-16(3)14-17(27-4)15-18(20)22(26)28-5/h14-15,19H,6-13H2,1-5H3/p+1. The molecule has 1 aliphatic heterocycles. The van der Waals surface area contributed by atoms with Gasteiger partial charge in [-0.05, 0) is 57.2 Å². The van der Waals surface area contributed by atoms with Gasteiger partial charge in [0, 0.05) is 6.42 Å². The van der Waals surface area contributed by atoms with Crippen molar-refractivity contribution in [3.63, 3.8) is 0 Å². The number of rotatable bonds is 7. The fourth-order valence-electron chi connectivity index (χ4n) is 4.50. The SMILES string of the molecule is CCC(C(=O)Nc1c(C)cc(OC)cc1C(=O)OC)[N+]1(CC)CCCCCC1. The molecule has 0 spiro atoms. The van der Waals surface area contributed by atoms with Crippen molar-refractivity contribution in [1.29, 1.82) is 0 Å². The van der Waals surface area contributed by atoms with E-state index < -0.39 is 5.97 Å². The second-order valence-electron chi connectivity index (χ2n) is 7.67. The van der Waals surface area contributed by atoms with Gasteiger partial charge in [0.1, 0.15) is 5.75 Å². The molecular formula is C22H35N2O4+. The molecule has 0 saturated carbocycles. The van der Waals surface area contributed by atoms with Crippen molar-refractivity contribution in [1.82, 2.24) is 0 Å². The van der Waals surface area contributed by atoms with Gasteiger partial charge in [-0.2, -0.15) is 0 Å². The number of hydrogen-bond acceptors (Lipinski definition) is 4. The van der Waals surface area contributed by atoms with Crippen LogP contribution in [0.4, 0.5) is 5.69 Å². The van der Waals surface area contributed by atoms with Crippen LogP contribution in [0.2, 0.25) is 0 Å². The van der Waals surface area contributed by atoms with Crippen molar-refractivity contribution in [2.24, 2.45) is 0 Å². The van der Waals surface area contributed by atoms with E-state index in [4.69, 9.17) is 9.47 Å². The number of aryl methyl sites for hydroxylation is 1. The predicted molar refractivity (Wildman–Crippen MR) is 111 cm³/mol. The number of anilines is 1. The Morgan fingerprint density at radius 3 is 2.25 bits per heavy atom.